The molecule has 0 amide bonds. The zero-order chi connectivity index (χ0) is 19.7. The van der Waals surface area contributed by atoms with E-state index in [0.717, 1.165) is 5.56 Å². The predicted molar refractivity (Wildman–Crippen MR) is 102 cm³/mol. The summed E-state index contributed by atoms with van der Waals surface area (Å²) in [5.74, 6) is -0.467. The molecule has 3 aromatic carbocycles. The molecule has 0 aromatic heterocycles. The second-order valence-electron chi connectivity index (χ2n) is 6.36. The van der Waals surface area contributed by atoms with Gasteiger partial charge in [0.25, 0.3) is 0 Å². The Hall–Kier alpha value is -3.73. The number of benzene rings is 3. The van der Waals surface area contributed by atoms with E-state index in [-0.39, 0.29) is 22.9 Å². The van der Waals surface area contributed by atoms with Crippen LogP contribution in [-0.2, 0) is 0 Å². The Morgan fingerprint density at radius 3 is 2.46 bits per heavy atom. The highest BCUT2D eigenvalue weighted by Crippen LogP contribution is 2.37. The molecule has 0 bridgehead atoms. The third-order valence-electron chi connectivity index (χ3n) is 4.33. The smallest absolute Gasteiger partial charge is 0.343 e. The van der Waals surface area contributed by atoms with Crippen molar-refractivity contribution in [3.63, 3.8) is 0 Å². The molecule has 0 N–H and O–H groups in total. The fourth-order valence-corrected chi connectivity index (χ4v) is 2.99. The van der Waals surface area contributed by atoms with Crippen molar-refractivity contribution in [2.24, 2.45) is 0 Å². The van der Waals surface area contributed by atoms with Gasteiger partial charge in [-0.1, -0.05) is 30.3 Å². The normalized spacial score (nSPS) is 13.9. The van der Waals surface area contributed by atoms with E-state index < -0.39 is 11.8 Å². The Morgan fingerprint density at radius 2 is 1.75 bits per heavy atom. The second kappa shape index (κ2) is 7.12. The quantitative estimate of drug-likeness (QED) is 0.369. The summed E-state index contributed by atoms with van der Waals surface area (Å²) in [6, 6.07) is 17.6. The van der Waals surface area contributed by atoms with Crippen LogP contribution in [0.15, 0.2) is 72.5 Å². The van der Waals surface area contributed by atoms with Crippen molar-refractivity contribution in [2.75, 3.05) is 0 Å². The molecule has 0 spiro atoms. The van der Waals surface area contributed by atoms with Gasteiger partial charge in [-0.15, -0.1) is 0 Å². The van der Waals surface area contributed by atoms with Crippen molar-refractivity contribution in [2.45, 2.75) is 6.92 Å². The van der Waals surface area contributed by atoms with Gasteiger partial charge in [-0.3, -0.25) is 4.79 Å². The molecule has 0 fully saturated rings. The van der Waals surface area contributed by atoms with Crippen molar-refractivity contribution in [3.05, 3.63) is 101 Å². The van der Waals surface area contributed by atoms with Crippen LogP contribution in [0.4, 0.5) is 4.39 Å². The van der Waals surface area contributed by atoms with Gasteiger partial charge in [0.15, 0.2) is 5.76 Å². The van der Waals surface area contributed by atoms with Gasteiger partial charge in [0.05, 0.1) is 11.1 Å². The van der Waals surface area contributed by atoms with Gasteiger partial charge < -0.3 is 9.47 Å². The predicted octanol–water partition coefficient (Wildman–Crippen LogP) is 4.97. The van der Waals surface area contributed by atoms with Crippen LogP contribution in [-0.4, -0.2) is 11.8 Å². The molecule has 0 aliphatic carbocycles. The number of allylic oxidation sites excluding steroid dienone is 1. The van der Waals surface area contributed by atoms with Gasteiger partial charge in [-0.2, -0.15) is 0 Å². The lowest BCUT2D eigenvalue weighted by Crippen LogP contribution is -2.08. The van der Waals surface area contributed by atoms with Crippen LogP contribution in [0.2, 0.25) is 0 Å². The van der Waals surface area contributed by atoms with Crippen LogP contribution in [0, 0.1) is 12.7 Å². The summed E-state index contributed by atoms with van der Waals surface area (Å²) >= 11 is 0. The van der Waals surface area contributed by atoms with Crippen LogP contribution in [0.25, 0.3) is 6.08 Å². The minimum Gasteiger partial charge on any atom is -0.452 e. The number of esters is 1. The molecule has 28 heavy (non-hydrogen) atoms. The van der Waals surface area contributed by atoms with Crippen molar-refractivity contribution >= 4 is 17.8 Å². The van der Waals surface area contributed by atoms with Gasteiger partial charge in [0, 0.05) is 6.07 Å². The van der Waals surface area contributed by atoms with E-state index in [9.17, 15) is 14.0 Å². The topological polar surface area (TPSA) is 52.6 Å². The molecular formula is C23H15FO4. The molecule has 5 heteroatoms. The summed E-state index contributed by atoms with van der Waals surface area (Å²) < 4.78 is 24.1. The molecule has 1 heterocycles. The van der Waals surface area contributed by atoms with E-state index in [0.29, 0.717) is 16.9 Å². The lowest BCUT2D eigenvalue weighted by Gasteiger charge is -2.07. The highest BCUT2D eigenvalue weighted by Gasteiger charge is 2.30. The number of Topliss-reactive ketones (excluding diaryl/α,β-unsaturated/α-hetero) is 1. The number of ether oxygens (including phenoxy) is 2. The number of halogens is 1. The van der Waals surface area contributed by atoms with Gasteiger partial charge in [-0.05, 0) is 54.5 Å². The number of ketones is 1. The molecule has 3 aromatic rings. The van der Waals surface area contributed by atoms with E-state index in [1.807, 2.05) is 30.3 Å². The molecule has 1 aliphatic rings. The van der Waals surface area contributed by atoms with Crippen LogP contribution in [0.3, 0.4) is 0 Å². The number of hydrogen-bond donors (Lipinski definition) is 0. The molecule has 0 atom stereocenters. The van der Waals surface area contributed by atoms with Gasteiger partial charge in [-0.25, -0.2) is 9.18 Å². The Labute approximate surface area is 160 Å². The lowest BCUT2D eigenvalue weighted by atomic mass is 10.0. The molecule has 4 rings (SSSR count). The number of carbonyl (C=O) groups excluding carboxylic acids is 2. The maximum Gasteiger partial charge on any atom is 0.343 e. The summed E-state index contributed by atoms with van der Waals surface area (Å²) in [6.45, 7) is 1.75. The first-order chi connectivity index (χ1) is 13.5. The van der Waals surface area contributed by atoms with Crippen LogP contribution >= 0.6 is 0 Å². The molecule has 0 unspecified atom stereocenters. The maximum atomic E-state index is 13.0. The van der Waals surface area contributed by atoms with E-state index in [4.69, 9.17) is 9.47 Å². The summed E-state index contributed by atoms with van der Waals surface area (Å²) in [4.78, 5) is 24.9. The first kappa shape index (κ1) is 17.7. The number of aryl methyl sites for hydroxylation is 1. The Kier molecular flexibility index (Phi) is 4.49. The number of carbonyl (C=O) groups is 2. The molecule has 1 aliphatic heterocycles. The number of fused-ring (bicyclic) bond motifs is 1. The zero-order valence-corrected chi connectivity index (χ0v) is 14.9. The SMILES string of the molecule is Cc1cc(OC(=O)c2ccc(F)cc2)cc2c1C(=O)/C(=C/c1ccccc1)O2. The largest absolute Gasteiger partial charge is 0.452 e. The maximum absolute atomic E-state index is 13.0. The minimum atomic E-state index is -0.622. The third kappa shape index (κ3) is 3.42. The van der Waals surface area contributed by atoms with Gasteiger partial charge >= 0.3 is 5.97 Å². The Morgan fingerprint density at radius 1 is 1.04 bits per heavy atom. The summed E-state index contributed by atoms with van der Waals surface area (Å²) in [7, 11) is 0. The average Bonchev–Trinajstić information content (AvgIpc) is 2.99. The summed E-state index contributed by atoms with van der Waals surface area (Å²) in [5.41, 5.74) is 2.16. The van der Waals surface area contributed by atoms with Gasteiger partial charge in [0.1, 0.15) is 17.3 Å². The molecule has 4 nitrogen and oxygen atoms in total. The number of rotatable bonds is 3. The van der Waals surface area contributed by atoms with E-state index in [1.54, 1.807) is 19.1 Å². The fourth-order valence-electron chi connectivity index (χ4n) is 2.99. The first-order valence-electron chi connectivity index (χ1n) is 8.63. The average molecular weight is 374 g/mol. The van der Waals surface area contributed by atoms with E-state index in [2.05, 4.69) is 0 Å². The Balaban J connectivity index is 1.60. The number of hydrogen-bond acceptors (Lipinski definition) is 4. The Bertz CT molecular complexity index is 1100. The summed E-state index contributed by atoms with van der Waals surface area (Å²) in [5, 5.41) is 0. The highest BCUT2D eigenvalue weighted by molar-refractivity contribution is 6.15. The molecular weight excluding hydrogens is 359 g/mol. The van der Waals surface area contributed by atoms with E-state index in [1.165, 1.54) is 30.3 Å². The first-order valence-corrected chi connectivity index (χ1v) is 8.63. The van der Waals surface area contributed by atoms with Crippen molar-refractivity contribution in [1.82, 2.24) is 0 Å². The zero-order valence-electron chi connectivity index (χ0n) is 14.9. The molecule has 0 saturated carbocycles. The lowest BCUT2D eigenvalue weighted by molar-refractivity contribution is 0.0734. The van der Waals surface area contributed by atoms with Crippen molar-refractivity contribution < 1.29 is 23.5 Å². The standard InChI is InChI=1S/C23H15FO4/c1-14-11-18(27-23(26)16-7-9-17(24)10-8-16)13-19-21(14)22(25)20(28-19)12-15-5-3-2-4-6-15/h2-13H,1H3/b20-12-. The minimum absolute atomic E-state index is 0.214. The molecule has 138 valence electrons. The third-order valence-corrected chi connectivity index (χ3v) is 4.33. The highest BCUT2D eigenvalue weighted by atomic mass is 19.1. The van der Waals surface area contributed by atoms with Crippen molar-refractivity contribution in [3.8, 4) is 11.5 Å². The van der Waals surface area contributed by atoms with Crippen LogP contribution in [0.5, 0.6) is 11.5 Å². The van der Waals surface area contributed by atoms with Gasteiger partial charge in [0.2, 0.25) is 5.78 Å². The fraction of sp³-hybridized carbons (Fsp3) is 0.0435. The van der Waals surface area contributed by atoms with Crippen LogP contribution < -0.4 is 9.47 Å². The summed E-state index contributed by atoms with van der Waals surface area (Å²) in [6.07, 6.45) is 1.67. The van der Waals surface area contributed by atoms with E-state index >= 15 is 0 Å². The van der Waals surface area contributed by atoms with Crippen molar-refractivity contribution in [1.29, 1.82) is 0 Å². The molecule has 0 saturated heterocycles. The molecule has 0 radical (unpaired) electrons. The monoisotopic (exact) mass is 374 g/mol. The second-order valence-corrected chi connectivity index (χ2v) is 6.36. The van der Waals surface area contributed by atoms with Crippen LogP contribution in [0.1, 0.15) is 31.8 Å².